The number of aliphatic hydroxyl groups is 1. The number of hydrogen-bond donors (Lipinski definition) is 2. The Bertz CT molecular complexity index is 412. The van der Waals surface area contributed by atoms with Gasteiger partial charge in [-0.05, 0) is 35.8 Å². The van der Waals surface area contributed by atoms with Crippen molar-refractivity contribution >= 4 is 0 Å². The van der Waals surface area contributed by atoms with Crippen molar-refractivity contribution in [1.82, 2.24) is 5.32 Å². The monoisotopic (exact) mass is 289 g/mol. The summed E-state index contributed by atoms with van der Waals surface area (Å²) in [5, 5.41) is 14.0. The van der Waals surface area contributed by atoms with Gasteiger partial charge in [0.25, 0.3) is 0 Å². The summed E-state index contributed by atoms with van der Waals surface area (Å²) in [5.74, 6) is 1.27. The van der Waals surface area contributed by atoms with Gasteiger partial charge in [0.15, 0.2) is 0 Å². The van der Waals surface area contributed by atoms with Crippen molar-refractivity contribution in [3.63, 3.8) is 0 Å². The fourth-order valence-corrected chi connectivity index (χ4v) is 3.28. The number of nitrogens with one attached hydrogen (secondary N) is 1. The average molecular weight is 289 g/mol. The molecule has 0 bridgehead atoms. The molecule has 0 aliphatic heterocycles. The molecular weight excluding hydrogens is 258 g/mol. The standard InChI is InChI=1S/C19H31NO/c1-14(2)16-9-11-17(12-10-16)19(21)13-20-18-8-6-4-5-7-15(18)3/h9-12,14-15,18-21H,4-8,13H2,1-3H3. The molecule has 1 aromatic rings. The third kappa shape index (κ3) is 4.82. The number of benzene rings is 1. The topological polar surface area (TPSA) is 32.3 Å². The highest BCUT2D eigenvalue weighted by atomic mass is 16.3. The van der Waals surface area contributed by atoms with Gasteiger partial charge in [0.1, 0.15) is 0 Å². The fraction of sp³-hybridized carbons (Fsp3) is 0.684. The molecule has 3 unspecified atom stereocenters. The van der Waals surface area contributed by atoms with Gasteiger partial charge in [-0.1, -0.05) is 64.3 Å². The van der Waals surface area contributed by atoms with Crippen molar-refractivity contribution in [2.75, 3.05) is 6.54 Å². The molecule has 3 atom stereocenters. The normalized spacial score (nSPS) is 24.8. The Morgan fingerprint density at radius 3 is 2.33 bits per heavy atom. The van der Waals surface area contributed by atoms with E-state index in [1.54, 1.807) is 0 Å². The van der Waals surface area contributed by atoms with Gasteiger partial charge in [0, 0.05) is 12.6 Å². The molecule has 0 heterocycles. The summed E-state index contributed by atoms with van der Waals surface area (Å²) >= 11 is 0. The SMILES string of the molecule is CC(C)c1ccc(C(O)CNC2CCCCCC2C)cc1. The summed E-state index contributed by atoms with van der Waals surface area (Å²) in [6, 6.07) is 8.97. The molecule has 0 saturated heterocycles. The molecule has 0 spiro atoms. The van der Waals surface area contributed by atoms with Crippen LogP contribution in [0.4, 0.5) is 0 Å². The molecule has 2 N–H and O–H groups in total. The first-order valence-electron chi connectivity index (χ1n) is 8.59. The first-order valence-corrected chi connectivity index (χ1v) is 8.59. The van der Waals surface area contributed by atoms with E-state index in [0.717, 1.165) is 11.5 Å². The highest BCUT2D eigenvalue weighted by Crippen LogP contribution is 2.24. The van der Waals surface area contributed by atoms with Crippen LogP contribution in [0.15, 0.2) is 24.3 Å². The molecule has 0 aromatic heterocycles. The summed E-state index contributed by atoms with van der Waals surface area (Å²) in [5.41, 5.74) is 2.35. The Kier molecular flexibility index (Phi) is 6.25. The Balaban J connectivity index is 1.87. The molecule has 0 radical (unpaired) electrons. The number of aliphatic hydroxyl groups excluding tert-OH is 1. The van der Waals surface area contributed by atoms with E-state index < -0.39 is 6.10 Å². The van der Waals surface area contributed by atoms with Crippen molar-refractivity contribution in [1.29, 1.82) is 0 Å². The second-order valence-corrected chi connectivity index (χ2v) is 6.97. The quantitative estimate of drug-likeness (QED) is 0.787. The lowest BCUT2D eigenvalue weighted by molar-refractivity contribution is 0.163. The van der Waals surface area contributed by atoms with Crippen LogP contribution in [0.5, 0.6) is 0 Å². The van der Waals surface area contributed by atoms with Gasteiger partial charge in [0.2, 0.25) is 0 Å². The van der Waals surface area contributed by atoms with E-state index in [-0.39, 0.29) is 0 Å². The molecule has 2 nitrogen and oxygen atoms in total. The zero-order valence-corrected chi connectivity index (χ0v) is 13.8. The second kappa shape index (κ2) is 7.95. The van der Waals surface area contributed by atoms with Crippen LogP contribution in [0.2, 0.25) is 0 Å². The van der Waals surface area contributed by atoms with Crippen LogP contribution in [0.3, 0.4) is 0 Å². The molecule has 1 aromatic carbocycles. The predicted molar refractivity (Wildman–Crippen MR) is 89.5 cm³/mol. The molecule has 1 saturated carbocycles. The smallest absolute Gasteiger partial charge is 0.0914 e. The molecule has 118 valence electrons. The lowest BCUT2D eigenvalue weighted by atomic mass is 9.96. The highest BCUT2D eigenvalue weighted by molar-refractivity contribution is 5.26. The average Bonchev–Trinajstić information content (AvgIpc) is 2.69. The van der Waals surface area contributed by atoms with Crippen LogP contribution in [0.25, 0.3) is 0 Å². The maximum absolute atomic E-state index is 10.4. The fourth-order valence-electron chi connectivity index (χ4n) is 3.28. The Morgan fingerprint density at radius 1 is 1.05 bits per heavy atom. The summed E-state index contributed by atoms with van der Waals surface area (Å²) in [4.78, 5) is 0. The van der Waals surface area contributed by atoms with E-state index in [1.807, 2.05) is 0 Å². The van der Waals surface area contributed by atoms with E-state index in [1.165, 1.54) is 37.7 Å². The van der Waals surface area contributed by atoms with E-state index >= 15 is 0 Å². The van der Waals surface area contributed by atoms with Crippen molar-refractivity contribution < 1.29 is 5.11 Å². The number of rotatable bonds is 5. The molecule has 21 heavy (non-hydrogen) atoms. The zero-order valence-electron chi connectivity index (χ0n) is 13.8. The Hall–Kier alpha value is -0.860. The van der Waals surface area contributed by atoms with Crippen molar-refractivity contribution in [2.24, 2.45) is 5.92 Å². The van der Waals surface area contributed by atoms with Crippen LogP contribution in [-0.4, -0.2) is 17.7 Å². The van der Waals surface area contributed by atoms with E-state index in [0.29, 0.717) is 18.5 Å². The van der Waals surface area contributed by atoms with Gasteiger partial charge in [-0.15, -0.1) is 0 Å². The molecule has 1 aliphatic carbocycles. The lowest BCUT2D eigenvalue weighted by Gasteiger charge is -2.24. The van der Waals surface area contributed by atoms with E-state index in [2.05, 4.69) is 50.4 Å². The molecule has 1 fully saturated rings. The van der Waals surface area contributed by atoms with Gasteiger partial charge < -0.3 is 10.4 Å². The third-order valence-electron chi connectivity index (χ3n) is 4.92. The first kappa shape index (κ1) is 16.5. The van der Waals surface area contributed by atoms with Gasteiger partial charge in [-0.2, -0.15) is 0 Å². The molecule has 2 rings (SSSR count). The highest BCUT2D eigenvalue weighted by Gasteiger charge is 2.20. The van der Waals surface area contributed by atoms with Crippen LogP contribution >= 0.6 is 0 Å². The molecule has 1 aliphatic rings. The van der Waals surface area contributed by atoms with Crippen LogP contribution in [0, 0.1) is 5.92 Å². The summed E-state index contributed by atoms with van der Waals surface area (Å²) < 4.78 is 0. The van der Waals surface area contributed by atoms with Gasteiger partial charge in [-0.25, -0.2) is 0 Å². The van der Waals surface area contributed by atoms with E-state index in [9.17, 15) is 5.11 Å². The maximum atomic E-state index is 10.4. The van der Waals surface area contributed by atoms with E-state index in [4.69, 9.17) is 0 Å². The first-order chi connectivity index (χ1) is 10.1. The molecule has 2 heteroatoms. The molecule has 0 amide bonds. The minimum Gasteiger partial charge on any atom is -0.387 e. The van der Waals surface area contributed by atoms with Gasteiger partial charge in [0.05, 0.1) is 6.10 Å². The summed E-state index contributed by atoms with van der Waals surface area (Å²) in [7, 11) is 0. The Morgan fingerprint density at radius 2 is 1.67 bits per heavy atom. The third-order valence-corrected chi connectivity index (χ3v) is 4.92. The zero-order chi connectivity index (χ0) is 15.2. The Labute approximate surface area is 130 Å². The van der Waals surface area contributed by atoms with Crippen LogP contribution in [-0.2, 0) is 0 Å². The lowest BCUT2D eigenvalue weighted by Crippen LogP contribution is -2.37. The summed E-state index contributed by atoms with van der Waals surface area (Å²) in [6.45, 7) is 7.39. The number of hydrogen-bond acceptors (Lipinski definition) is 2. The second-order valence-electron chi connectivity index (χ2n) is 6.97. The van der Waals surface area contributed by atoms with Crippen molar-refractivity contribution in [3.8, 4) is 0 Å². The van der Waals surface area contributed by atoms with Crippen LogP contribution < -0.4 is 5.32 Å². The van der Waals surface area contributed by atoms with Gasteiger partial charge >= 0.3 is 0 Å². The predicted octanol–water partition coefficient (Wildman–Crippen LogP) is 4.40. The summed E-state index contributed by atoms with van der Waals surface area (Å²) in [6.07, 6.45) is 6.21. The van der Waals surface area contributed by atoms with Crippen molar-refractivity contribution in [3.05, 3.63) is 35.4 Å². The van der Waals surface area contributed by atoms with Crippen molar-refractivity contribution in [2.45, 2.75) is 70.9 Å². The van der Waals surface area contributed by atoms with Crippen LogP contribution in [0.1, 0.15) is 76.0 Å². The maximum Gasteiger partial charge on any atom is 0.0914 e. The van der Waals surface area contributed by atoms with Gasteiger partial charge in [-0.3, -0.25) is 0 Å². The minimum absolute atomic E-state index is 0.401. The largest absolute Gasteiger partial charge is 0.387 e. The minimum atomic E-state index is -0.401. The molecular formula is C19H31NO.